The minimum absolute atomic E-state index is 0.413. The van der Waals surface area contributed by atoms with Crippen LogP contribution < -0.4 is 10.5 Å². The first-order valence-electron chi connectivity index (χ1n) is 5.27. The van der Waals surface area contributed by atoms with Gasteiger partial charge >= 0.3 is 0 Å². The van der Waals surface area contributed by atoms with Gasteiger partial charge in [-0.05, 0) is 36.4 Å². The summed E-state index contributed by atoms with van der Waals surface area (Å²) < 4.78 is 5.56. The van der Waals surface area contributed by atoms with Crippen LogP contribution in [0.15, 0.2) is 48.5 Å². The smallest absolute Gasteiger partial charge is 0.248 e. The number of rotatable bonds is 3. The zero-order chi connectivity index (χ0) is 13.0. The van der Waals surface area contributed by atoms with Gasteiger partial charge in [-0.15, -0.1) is 0 Å². The number of hydrogen-bond donors (Lipinski definition) is 1. The zero-order valence-corrected chi connectivity index (χ0v) is 9.46. The first kappa shape index (κ1) is 11.7. The number of nitrogens with zero attached hydrogens (tertiary/aromatic N) is 1. The molecule has 0 aliphatic carbocycles. The minimum Gasteiger partial charge on any atom is -0.456 e. The number of carbonyl (C=O) groups is 1. The lowest BCUT2D eigenvalue weighted by atomic mass is 10.2. The Labute approximate surface area is 104 Å². The average Bonchev–Trinajstić information content (AvgIpc) is 2.40. The fourth-order valence-corrected chi connectivity index (χ4v) is 1.46. The summed E-state index contributed by atoms with van der Waals surface area (Å²) in [7, 11) is 0. The summed E-state index contributed by atoms with van der Waals surface area (Å²) in [4.78, 5) is 10.9. The van der Waals surface area contributed by atoms with E-state index >= 15 is 0 Å². The van der Waals surface area contributed by atoms with Crippen molar-refractivity contribution < 1.29 is 9.53 Å². The molecule has 2 aromatic carbocycles. The Bertz CT molecular complexity index is 612. The molecule has 0 unspecified atom stereocenters. The molecule has 4 nitrogen and oxygen atoms in total. The van der Waals surface area contributed by atoms with Crippen molar-refractivity contribution in [3.05, 3.63) is 59.7 Å². The summed E-state index contributed by atoms with van der Waals surface area (Å²) in [5.74, 6) is 0.536. The summed E-state index contributed by atoms with van der Waals surface area (Å²) in [6.45, 7) is 0. The molecule has 0 bridgehead atoms. The standard InChI is InChI=1S/C14H10N2O2/c15-9-11-3-1-2-4-13(11)18-12-7-5-10(6-8-12)14(16)17/h1-8H,(H2,16,17). The SMILES string of the molecule is N#Cc1ccccc1Oc1ccc(C(N)=O)cc1. The van der Waals surface area contributed by atoms with E-state index in [0.29, 0.717) is 22.6 Å². The lowest BCUT2D eigenvalue weighted by Gasteiger charge is -2.07. The van der Waals surface area contributed by atoms with Gasteiger partial charge in [0.1, 0.15) is 17.6 Å². The molecule has 0 saturated carbocycles. The van der Waals surface area contributed by atoms with Crippen LogP contribution >= 0.6 is 0 Å². The van der Waals surface area contributed by atoms with Gasteiger partial charge < -0.3 is 10.5 Å². The molecule has 0 atom stereocenters. The van der Waals surface area contributed by atoms with Crippen LogP contribution in [-0.4, -0.2) is 5.91 Å². The first-order valence-corrected chi connectivity index (χ1v) is 5.27. The first-order chi connectivity index (χ1) is 8.70. The Balaban J connectivity index is 2.24. The number of amides is 1. The van der Waals surface area contributed by atoms with E-state index in [0.717, 1.165) is 0 Å². The lowest BCUT2D eigenvalue weighted by Crippen LogP contribution is -2.10. The van der Waals surface area contributed by atoms with Crippen LogP contribution in [0.3, 0.4) is 0 Å². The maximum Gasteiger partial charge on any atom is 0.248 e. The zero-order valence-electron chi connectivity index (χ0n) is 9.46. The highest BCUT2D eigenvalue weighted by Crippen LogP contribution is 2.24. The number of carbonyl (C=O) groups excluding carboxylic acids is 1. The van der Waals surface area contributed by atoms with E-state index in [4.69, 9.17) is 15.7 Å². The third-order valence-electron chi connectivity index (χ3n) is 2.37. The van der Waals surface area contributed by atoms with Gasteiger partial charge in [0.25, 0.3) is 0 Å². The van der Waals surface area contributed by atoms with Crippen LogP contribution in [0.1, 0.15) is 15.9 Å². The van der Waals surface area contributed by atoms with Gasteiger partial charge in [-0.25, -0.2) is 0 Å². The maximum atomic E-state index is 10.9. The molecule has 2 N–H and O–H groups in total. The number of hydrogen-bond acceptors (Lipinski definition) is 3. The number of ether oxygens (including phenoxy) is 1. The fraction of sp³-hybridized carbons (Fsp3) is 0. The van der Waals surface area contributed by atoms with Crippen molar-refractivity contribution in [3.8, 4) is 17.6 Å². The molecule has 1 amide bonds. The molecule has 88 valence electrons. The molecule has 0 aliphatic rings. The number of para-hydroxylation sites is 1. The van der Waals surface area contributed by atoms with Crippen LogP contribution in [0.5, 0.6) is 11.5 Å². The number of benzene rings is 2. The Hall–Kier alpha value is -2.80. The average molecular weight is 238 g/mol. The molecule has 0 heterocycles. The number of nitriles is 1. The van der Waals surface area contributed by atoms with Gasteiger partial charge in [0.15, 0.2) is 0 Å². The quantitative estimate of drug-likeness (QED) is 0.892. The Morgan fingerprint density at radius 1 is 1.11 bits per heavy atom. The number of nitrogens with two attached hydrogens (primary N) is 1. The van der Waals surface area contributed by atoms with Crippen LogP contribution in [0.2, 0.25) is 0 Å². The van der Waals surface area contributed by atoms with E-state index < -0.39 is 5.91 Å². The monoisotopic (exact) mass is 238 g/mol. The highest BCUT2D eigenvalue weighted by atomic mass is 16.5. The van der Waals surface area contributed by atoms with Gasteiger partial charge in [0.05, 0.1) is 5.56 Å². The summed E-state index contributed by atoms with van der Waals surface area (Å²) in [6, 6.07) is 15.4. The highest BCUT2D eigenvalue weighted by molar-refractivity contribution is 5.92. The second-order valence-electron chi connectivity index (χ2n) is 3.60. The third kappa shape index (κ3) is 2.47. The molecule has 4 heteroatoms. The largest absolute Gasteiger partial charge is 0.456 e. The molecule has 0 aromatic heterocycles. The molecule has 0 fully saturated rings. The van der Waals surface area contributed by atoms with Crippen molar-refractivity contribution in [1.29, 1.82) is 5.26 Å². The Kier molecular flexibility index (Phi) is 3.26. The Morgan fingerprint density at radius 2 is 1.78 bits per heavy atom. The minimum atomic E-state index is -0.487. The van der Waals surface area contributed by atoms with Crippen LogP contribution in [-0.2, 0) is 0 Å². The molecule has 2 aromatic rings. The lowest BCUT2D eigenvalue weighted by molar-refractivity contribution is 0.100. The van der Waals surface area contributed by atoms with Crippen molar-refractivity contribution in [2.45, 2.75) is 0 Å². The normalized spacial score (nSPS) is 9.50. The summed E-state index contributed by atoms with van der Waals surface area (Å²) in [5, 5.41) is 8.92. The Morgan fingerprint density at radius 3 is 2.39 bits per heavy atom. The molecule has 0 spiro atoms. The van der Waals surface area contributed by atoms with E-state index in [1.165, 1.54) is 0 Å². The predicted octanol–water partition coefficient (Wildman–Crippen LogP) is 2.45. The van der Waals surface area contributed by atoms with E-state index in [2.05, 4.69) is 0 Å². The van der Waals surface area contributed by atoms with Crippen molar-refractivity contribution in [2.75, 3.05) is 0 Å². The van der Waals surface area contributed by atoms with E-state index in [-0.39, 0.29) is 0 Å². The summed E-state index contributed by atoms with van der Waals surface area (Å²) >= 11 is 0. The van der Waals surface area contributed by atoms with Gasteiger partial charge in [-0.1, -0.05) is 12.1 Å². The molecule has 0 radical (unpaired) electrons. The van der Waals surface area contributed by atoms with Gasteiger partial charge in [-0.3, -0.25) is 4.79 Å². The van der Waals surface area contributed by atoms with E-state index in [9.17, 15) is 4.79 Å². The molecule has 0 saturated heterocycles. The summed E-state index contributed by atoms with van der Waals surface area (Å²) in [5.41, 5.74) is 6.01. The predicted molar refractivity (Wildman–Crippen MR) is 66.2 cm³/mol. The third-order valence-corrected chi connectivity index (χ3v) is 2.37. The summed E-state index contributed by atoms with van der Waals surface area (Å²) in [6.07, 6.45) is 0. The van der Waals surface area contributed by atoms with Crippen molar-refractivity contribution in [2.24, 2.45) is 5.73 Å². The maximum absolute atomic E-state index is 10.9. The van der Waals surface area contributed by atoms with Gasteiger partial charge in [-0.2, -0.15) is 5.26 Å². The number of primary amides is 1. The topological polar surface area (TPSA) is 76.1 Å². The highest BCUT2D eigenvalue weighted by Gasteiger charge is 2.04. The fourth-order valence-electron chi connectivity index (χ4n) is 1.46. The van der Waals surface area contributed by atoms with Crippen LogP contribution in [0.4, 0.5) is 0 Å². The molecule has 2 rings (SSSR count). The van der Waals surface area contributed by atoms with Gasteiger partial charge in [0, 0.05) is 5.56 Å². The van der Waals surface area contributed by atoms with E-state index in [1.807, 2.05) is 6.07 Å². The second kappa shape index (κ2) is 5.02. The molecule has 0 aliphatic heterocycles. The van der Waals surface area contributed by atoms with Crippen LogP contribution in [0, 0.1) is 11.3 Å². The van der Waals surface area contributed by atoms with E-state index in [1.54, 1.807) is 48.5 Å². The van der Waals surface area contributed by atoms with Crippen LogP contribution in [0.25, 0.3) is 0 Å². The molecular weight excluding hydrogens is 228 g/mol. The van der Waals surface area contributed by atoms with Crippen molar-refractivity contribution >= 4 is 5.91 Å². The molecule has 18 heavy (non-hydrogen) atoms. The van der Waals surface area contributed by atoms with Gasteiger partial charge in [0.2, 0.25) is 5.91 Å². The van der Waals surface area contributed by atoms with Crippen molar-refractivity contribution in [1.82, 2.24) is 0 Å². The second-order valence-corrected chi connectivity index (χ2v) is 3.60. The van der Waals surface area contributed by atoms with Crippen molar-refractivity contribution in [3.63, 3.8) is 0 Å². The molecular formula is C14H10N2O2.